The number of aromatic nitrogens is 2. The van der Waals surface area contributed by atoms with Crippen molar-refractivity contribution in [2.24, 2.45) is 5.92 Å². The predicted octanol–water partition coefficient (Wildman–Crippen LogP) is 4.92. The number of ether oxygens (including phenoxy) is 2. The molecule has 1 aliphatic carbocycles. The third-order valence-electron chi connectivity index (χ3n) is 4.64. The number of nitrogens with zero attached hydrogens (tertiary/aromatic N) is 2. The fourth-order valence-electron chi connectivity index (χ4n) is 2.93. The van der Waals surface area contributed by atoms with Crippen LogP contribution in [0.1, 0.15) is 81.0 Å². The van der Waals surface area contributed by atoms with E-state index in [-0.39, 0.29) is 11.8 Å². The first-order chi connectivity index (χ1) is 13.9. The molecule has 1 atom stereocenters. The molecule has 7 nitrogen and oxygen atoms in total. The second-order valence-corrected chi connectivity index (χ2v) is 7.93. The van der Waals surface area contributed by atoms with Gasteiger partial charge < -0.3 is 19.3 Å². The van der Waals surface area contributed by atoms with E-state index in [2.05, 4.69) is 15.5 Å². The van der Waals surface area contributed by atoms with Gasteiger partial charge in [-0.1, -0.05) is 37.5 Å². The highest BCUT2D eigenvalue weighted by molar-refractivity contribution is 6.32. The maximum Gasteiger partial charge on any atom is 0.252 e. The van der Waals surface area contributed by atoms with Crippen LogP contribution in [-0.4, -0.2) is 29.3 Å². The lowest BCUT2D eigenvalue weighted by molar-refractivity contribution is 0.0913. The van der Waals surface area contributed by atoms with E-state index in [1.54, 1.807) is 12.1 Å². The molecule has 0 bridgehead atoms. The van der Waals surface area contributed by atoms with Crippen LogP contribution in [0.3, 0.4) is 0 Å². The zero-order valence-corrected chi connectivity index (χ0v) is 18.1. The molecule has 0 saturated heterocycles. The molecule has 2 aromatic rings. The van der Waals surface area contributed by atoms with E-state index < -0.39 is 6.04 Å². The second kappa shape index (κ2) is 9.48. The number of amides is 1. The molecule has 1 N–H and O–H groups in total. The Morgan fingerprint density at radius 3 is 2.69 bits per heavy atom. The summed E-state index contributed by atoms with van der Waals surface area (Å²) in [4.78, 5) is 17.5. The lowest BCUT2D eigenvalue weighted by Crippen LogP contribution is -2.32. The Morgan fingerprint density at radius 2 is 2.07 bits per heavy atom. The third kappa shape index (κ3) is 5.21. The SMILES string of the molecule is CCCOc1c(Cl)cc(C(=O)NC(c2nc(C3CC3)no2)C(C)C)cc1OCC. The summed E-state index contributed by atoms with van der Waals surface area (Å²) in [6.07, 6.45) is 3.01. The fraction of sp³-hybridized carbons (Fsp3) is 0.571. The fourth-order valence-corrected chi connectivity index (χ4v) is 3.19. The van der Waals surface area contributed by atoms with Gasteiger partial charge in [0.15, 0.2) is 17.3 Å². The minimum atomic E-state index is -0.396. The Bertz CT molecular complexity index is 848. The molecule has 1 aliphatic rings. The van der Waals surface area contributed by atoms with E-state index >= 15 is 0 Å². The quantitative estimate of drug-likeness (QED) is 0.586. The summed E-state index contributed by atoms with van der Waals surface area (Å²) < 4.78 is 16.8. The largest absolute Gasteiger partial charge is 0.490 e. The zero-order chi connectivity index (χ0) is 21.0. The van der Waals surface area contributed by atoms with Crippen LogP contribution in [0.2, 0.25) is 5.02 Å². The number of halogens is 1. The Kier molecular flexibility index (Phi) is 7.00. The van der Waals surface area contributed by atoms with Crippen molar-refractivity contribution in [3.05, 3.63) is 34.4 Å². The lowest BCUT2D eigenvalue weighted by atomic mass is 10.0. The first-order valence-electron chi connectivity index (χ1n) is 10.2. The normalized spacial score (nSPS) is 14.7. The molecule has 1 fully saturated rings. The van der Waals surface area contributed by atoms with Gasteiger partial charge in [0.1, 0.15) is 6.04 Å². The van der Waals surface area contributed by atoms with Crippen LogP contribution in [0.5, 0.6) is 11.5 Å². The summed E-state index contributed by atoms with van der Waals surface area (Å²) in [5.74, 6) is 2.22. The summed E-state index contributed by atoms with van der Waals surface area (Å²) in [7, 11) is 0. The van der Waals surface area contributed by atoms with Crippen molar-refractivity contribution in [1.29, 1.82) is 0 Å². The molecule has 1 unspecified atom stereocenters. The average Bonchev–Trinajstić information content (AvgIpc) is 3.42. The van der Waals surface area contributed by atoms with E-state index in [0.29, 0.717) is 47.1 Å². The van der Waals surface area contributed by atoms with Gasteiger partial charge in [-0.2, -0.15) is 4.98 Å². The summed E-state index contributed by atoms with van der Waals surface area (Å²) in [5, 5.41) is 7.39. The van der Waals surface area contributed by atoms with Crippen LogP contribution in [0.15, 0.2) is 16.7 Å². The summed E-state index contributed by atoms with van der Waals surface area (Å²) in [5.41, 5.74) is 0.384. The van der Waals surface area contributed by atoms with Crippen LogP contribution in [0.25, 0.3) is 0 Å². The van der Waals surface area contributed by atoms with Gasteiger partial charge in [0.25, 0.3) is 5.91 Å². The van der Waals surface area contributed by atoms with Gasteiger partial charge in [0.2, 0.25) is 5.89 Å². The number of hydrogen-bond acceptors (Lipinski definition) is 6. The number of carbonyl (C=O) groups is 1. The molecule has 8 heteroatoms. The van der Waals surface area contributed by atoms with Gasteiger partial charge >= 0.3 is 0 Å². The van der Waals surface area contributed by atoms with Crippen LogP contribution in [0.4, 0.5) is 0 Å². The van der Waals surface area contributed by atoms with Crippen molar-refractivity contribution in [3.8, 4) is 11.5 Å². The molecule has 1 aromatic carbocycles. The average molecular weight is 422 g/mol. The van der Waals surface area contributed by atoms with Gasteiger partial charge in [0.05, 0.1) is 18.2 Å². The van der Waals surface area contributed by atoms with Crippen LogP contribution >= 0.6 is 11.6 Å². The van der Waals surface area contributed by atoms with E-state index in [1.807, 2.05) is 27.7 Å². The monoisotopic (exact) mass is 421 g/mol. The highest BCUT2D eigenvalue weighted by Gasteiger charge is 2.32. The first-order valence-corrected chi connectivity index (χ1v) is 10.6. The molecule has 0 spiro atoms. The molecule has 1 aromatic heterocycles. The van der Waals surface area contributed by atoms with Crippen molar-refractivity contribution in [1.82, 2.24) is 15.5 Å². The van der Waals surface area contributed by atoms with E-state index in [9.17, 15) is 4.79 Å². The molecule has 3 rings (SSSR count). The molecule has 1 saturated carbocycles. The summed E-state index contributed by atoms with van der Waals surface area (Å²) in [6.45, 7) is 8.81. The van der Waals surface area contributed by atoms with E-state index in [1.165, 1.54) is 0 Å². The molecule has 0 aliphatic heterocycles. The molecule has 0 radical (unpaired) electrons. The standard InChI is InChI=1S/C21H28ClN3O4/c1-5-9-28-18-15(22)10-14(11-16(18)27-6-2)20(26)23-17(12(3)4)21-24-19(25-29-21)13-7-8-13/h10-13,17H,5-9H2,1-4H3,(H,23,26). The highest BCUT2D eigenvalue weighted by Crippen LogP contribution is 2.39. The Morgan fingerprint density at radius 1 is 1.31 bits per heavy atom. The Labute approximate surface area is 176 Å². The van der Waals surface area contributed by atoms with Crippen molar-refractivity contribution in [3.63, 3.8) is 0 Å². The lowest BCUT2D eigenvalue weighted by Gasteiger charge is -2.19. The second-order valence-electron chi connectivity index (χ2n) is 7.53. The molecule has 29 heavy (non-hydrogen) atoms. The number of nitrogens with one attached hydrogen (secondary N) is 1. The maximum absolute atomic E-state index is 13.0. The van der Waals surface area contributed by atoms with Gasteiger partial charge in [-0.25, -0.2) is 0 Å². The number of rotatable bonds is 10. The predicted molar refractivity (Wildman–Crippen MR) is 110 cm³/mol. The van der Waals surface area contributed by atoms with Gasteiger partial charge in [-0.3, -0.25) is 4.79 Å². The molecular formula is C21H28ClN3O4. The topological polar surface area (TPSA) is 86.5 Å². The van der Waals surface area contributed by atoms with Crippen molar-refractivity contribution in [2.45, 2.75) is 58.9 Å². The maximum atomic E-state index is 13.0. The highest BCUT2D eigenvalue weighted by atomic mass is 35.5. The van der Waals surface area contributed by atoms with E-state index in [4.69, 9.17) is 25.6 Å². The first kappa shape index (κ1) is 21.4. The van der Waals surface area contributed by atoms with Gasteiger partial charge in [0, 0.05) is 11.5 Å². The smallest absolute Gasteiger partial charge is 0.252 e. The number of hydrogen-bond donors (Lipinski definition) is 1. The summed E-state index contributed by atoms with van der Waals surface area (Å²) in [6, 6.07) is 2.84. The molecular weight excluding hydrogens is 394 g/mol. The van der Waals surface area contributed by atoms with Crippen LogP contribution < -0.4 is 14.8 Å². The zero-order valence-electron chi connectivity index (χ0n) is 17.3. The Balaban J connectivity index is 1.81. The Hall–Kier alpha value is -2.28. The van der Waals surface area contributed by atoms with Crippen LogP contribution in [0, 0.1) is 5.92 Å². The van der Waals surface area contributed by atoms with Crippen molar-refractivity contribution in [2.75, 3.05) is 13.2 Å². The summed E-state index contributed by atoms with van der Waals surface area (Å²) >= 11 is 6.39. The minimum Gasteiger partial charge on any atom is -0.490 e. The van der Waals surface area contributed by atoms with Crippen LogP contribution in [-0.2, 0) is 0 Å². The van der Waals surface area contributed by atoms with E-state index in [0.717, 1.165) is 25.1 Å². The minimum absolute atomic E-state index is 0.0699. The van der Waals surface area contributed by atoms with Gasteiger partial charge in [-0.05, 0) is 44.2 Å². The molecule has 1 heterocycles. The van der Waals surface area contributed by atoms with Crippen molar-refractivity contribution < 1.29 is 18.8 Å². The molecule has 158 valence electrons. The van der Waals surface area contributed by atoms with Gasteiger partial charge in [-0.15, -0.1) is 0 Å². The number of benzene rings is 1. The number of carbonyl (C=O) groups excluding carboxylic acids is 1. The molecule has 1 amide bonds. The third-order valence-corrected chi connectivity index (χ3v) is 4.92. The van der Waals surface area contributed by atoms with Crippen molar-refractivity contribution >= 4 is 17.5 Å².